The maximum Gasteiger partial charge on any atom is 0.227 e. The van der Waals surface area contributed by atoms with Gasteiger partial charge in [-0.25, -0.2) is 0 Å². The highest BCUT2D eigenvalue weighted by atomic mass is 16.5. The zero-order valence-corrected chi connectivity index (χ0v) is 16.4. The molecule has 27 heavy (non-hydrogen) atoms. The molecule has 1 amide bonds. The quantitative estimate of drug-likeness (QED) is 0.809. The van der Waals surface area contributed by atoms with Gasteiger partial charge in [0.2, 0.25) is 5.91 Å². The predicted octanol–water partition coefficient (Wildman–Crippen LogP) is 3.47. The second-order valence-corrected chi connectivity index (χ2v) is 7.98. The highest BCUT2D eigenvalue weighted by molar-refractivity contribution is 5.87. The fourth-order valence-electron chi connectivity index (χ4n) is 4.91. The minimum Gasteiger partial charge on any atom is -0.464 e. The molecule has 0 bridgehead atoms. The number of furan rings is 1. The minimum absolute atomic E-state index is 0.176. The number of carbonyl (C=O) groups is 1. The summed E-state index contributed by atoms with van der Waals surface area (Å²) >= 11 is 0. The predicted molar refractivity (Wildman–Crippen MR) is 106 cm³/mol. The zero-order chi connectivity index (χ0) is 18.8. The van der Waals surface area contributed by atoms with Gasteiger partial charge in [0.1, 0.15) is 5.58 Å². The summed E-state index contributed by atoms with van der Waals surface area (Å²) in [6, 6.07) is 8.56. The third kappa shape index (κ3) is 3.76. The summed E-state index contributed by atoms with van der Waals surface area (Å²) in [7, 11) is 3.77. The van der Waals surface area contributed by atoms with Gasteiger partial charge >= 0.3 is 0 Å². The average Bonchev–Trinajstić information content (AvgIpc) is 3.39. The number of carbonyl (C=O) groups excluding carboxylic acids is 1. The fraction of sp³-hybridized carbons (Fsp3) is 0.591. The Labute approximate surface area is 161 Å². The monoisotopic (exact) mass is 370 g/mol. The normalized spacial score (nSPS) is 26.5. The first-order chi connectivity index (χ1) is 13.2. The van der Waals surface area contributed by atoms with Crippen molar-refractivity contribution in [2.45, 2.75) is 56.7 Å². The van der Waals surface area contributed by atoms with E-state index in [0.29, 0.717) is 12.5 Å². The van der Waals surface area contributed by atoms with Crippen LogP contribution in [0.2, 0.25) is 0 Å². The van der Waals surface area contributed by atoms with Gasteiger partial charge in [-0.3, -0.25) is 9.69 Å². The summed E-state index contributed by atoms with van der Waals surface area (Å²) in [5.41, 5.74) is 1.88. The molecule has 2 fully saturated rings. The van der Waals surface area contributed by atoms with Gasteiger partial charge in [-0.05, 0) is 62.9 Å². The Kier molecular flexibility index (Phi) is 5.50. The van der Waals surface area contributed by atoms with Crippen LogP contribution < -0.4 is 0 Å². The second-order valence-electron chi connectivity index (χ2n) is 7.98. The van der Waals surface area contributed by atoms with E-state index in [4.69, 9.17) is 9.15 Å². The number of hydrogen-bond acceptors (Lipinski definition) is 4. The van der Waals surface area contributed by atoms with Gasteiger partial charge in [-0.1, -0.05) is 12.1 Å². The summed E-state index contributed by atoms with van der Waals surface area (Å²) in [5.74, 6) is 0.176. The first kappa shape index (κ1) is 18.5. The van der Waals surface area contributed by atoms with Gasteiger partial charge in [-0.2, -0.15) is 0 Å². The molecule has 4 rings (SSSR count). The molecule has 3 atom stereocenters. The van der Waals surface area contributed by atoms with Crippen LogP contribution in [-0.2, 0) is 16.0 Å². The SMILES string of the molecule is CO[C@@H]1CC[C@@H](N2CCCC2)[C@H](N(C)C(=O)Cc2cccc3occc23)C1. The van der Waals surface area contributed by atoms with Crippen molar-refractivity contribution in [1.82, 2.24) is 9.80 Å². The lowest BCUT2D eigenvalue weighted by Crippen LogP contribution is -2.55. The van der Waals surface area contributed by atoms with E-state index in [1.165, 1.54) is 12.8 Å². The van der Waals surface area contributed by atoms with E-state index < -0.39 is 0 Å². The maximum absolute atomic E-state index is 13.2. The Morgan fingerprint density at radius 2 is 2.07 bits per heavy atom. The largest absolute Gasteiger partial charge is 0.464 e. The lowest BCUT2D eigenvalue weighted by atomic mass is 9.86. The molecule has 1 aliphatic carbocycles. The Hall–Kier alpha value is -1.85. The van der Waals surface area contributed by atoms with Crippen LogP contribution in [0.15, 0.2) is 34.9 Å². The molecule has 0 unspecified atom stereocenters. The first-order valence-corrected chi connectivity index (χ1v) is 10.1. The van der Waals surface area contributed by atoms with Gasteiger partial charge in [-0.15, -0.1) is 0 Å². The molecule has 2 aliphatic rings. The molecule has 0 N–H and O–H groups in total. The van der Waals surface area contributed by atoms with Crippen LogP contribution >= 0.6 is 0 Å². The summed E-state index contributed by atoms with van der Waals surface area (Å²) in [4.78, 5) is 17.8. The molecule has 1 aromatic carbocycles. The summed E-state index contributed by atoms with van der Waals surface area (Å²) < 4.78 is 11.1. The number of rotatable bonds is 5. The van der Waals surface area contributed by atoms with Crippen molar-refractivity contribution in [3.05, 3.63) is 36.1 Å². The van der Waals surface area contributed by atoms with Crippen molar-refractivity contribution in [2.75, 3.05) is 27.2 Å². The molecule has 0 spiro atoms. The van der Waals surface area contributed by atoms with Crippen molar-refractivity contribution in [3.63, 3.8) is 0 Å². The molecule has 5 heteroatoms. The third-order valence-corrected chi connectivity index (χ3v) is 6.49. The van der Waals surface area contributed by atoms with Crippen molar-refractivity contribution < 1.29 is 13.9 Å². The standard InChI is InChI=1S/C22H30N2O3/c1-23(22(25)14-16-6-5-7-21-18(16)10-13-27-21)20-15-17(26-2)8-9-19(20)24-11-3-4-12-24/h5-7,10,13,17,19-20H,3-4,8-9,11-12,14-15H2,1-2H3/t17-,19-,20-/m1/s1. The number of fused-ring (bicyclic) bond motifs is 1. The minimum atomic E-state index is 0.176. The van der Waals surface area contributed by atoms with E-state index >= 15 is 0 Å². The fourth-order valence-corrected chi connectivity index (χ4v) is 4.91. The molecule has 0 radical (unpaired) electrons. The number of likely N-dealkylation sites (N-methyl/N-ethyl adjacent to an activating group) is 1. The van der Waals surface area contributed by atoms with Crippen LogP contribution in [0.4, 0.5) is 0 Å². The maximum atomic E-state index is 13.2. The van der Waals surface area contributed by atoms with Crippen molar-refractivity contribution in [1.29, 1.82) is 0 Å². The summed E-state index contributed by atoms with van der Waals surface area (Å²) in [6.07, 6.45) is 8.03. The van der Waals surface area contributed by atoms with Crippen LogP contribution in [0.1, 0.15) is 37.7 Å². The first-order valence-electron chi connectivity index (χ1n) is 10.1. The molecule has 1 saturated carbocycles. The Balaban J connectivity index is 1.51. The van der Waals surface area contributed by atoms with E-state index in [0.717, 1.165) is 48.9 Å². The van der Waals surface area contributed by atoms with E-state index in [2.05, 4.69) is 4.90 Å². The number of nitrogens with zero attached hydrogens (tertiary/aromatic N) is 2. The third-order valence-electron chi connectivity index (χ3n) is 6.49. The molecule has 5 nitrogen and oxygen atoms in total. The van der Waals surface area contributed by atoms with Gasteiger partial charge in [0.15, 0.2) is 0 Å². The molecule has 146 valence electrons. The summed E-state index contributed by atoms with van der Waals surface area (Å²) in [5, 5.41) is 1.04. The van der Waals surface area contributed by atoms with Crippen LogP contribution in [0.25, 0.3) is 11.0 Å². The molecule has 1 saturated heterocycles. The molecule has 2 aromatic rings. The Bertz CT molecular complexity index is 781. The van der Waals surface area contributed by atoms with Crippen LogP contribution in [0.5, 0.6) is 0 Å². The van der Waals surface area contributed by atoms with Crippen LogP contribution in [0.3, 0.4) is 0 Å². The average molecular weight is 370 g/mol. The lowest BCUT2D eigenvalue weighted by Gasteiger charge is -2.44. The van der Waals surface area contributed by atoms with Gasteiger partial charge in [0, 0.05) is 31.6 Å². The molecule has 2 heterocycles. The van der Waals surface area contributed by atoms with Crippen molar-refractivity contribution in [2.24, 2.45) is 0 Å². The van der Waals surface area contributed by atoms with Gasteiger partial charge < -0.3 is 14.1 Å². The second kappa shape index (κ2) is 8.03. The molecule has 1 aliphatic heterocycles. The number of ether oxygens (including phenoxy) is 1. The van der Waals surface area contributed by atoms with Gasteiger partial charge in [0.05, 0.1) is 18.8 Å². The number of likely N-dealkylation sites (tertiary alicyclic amines) is 1. The lowest BCUT2D eigenvalue weighted by molar-refractivity contribution is -0.134. The highest BCUT2D eigenvalue weighted by Crippen LogP contribution is 2.31. The number of benzene rings is 1. The number of methoxy groups -OCH3 is 1. The van der Waals surface area contributed by atoms with Crippen molar-refractivity contribution >= 4 is 16.9 Å². The molecule has 1 aromatic heterocycles. The molecular weight excluding hydrogens is 340 g/mol. The molecular formula is C22H30N2O3. The Morgan fingerprint density at radius 3 is 2.85 bits per heavy atom. The highest BCUT2D eigenvalue weighted by Gasteiger charge is 2.38. The van der Waals surface area contributed by atoms with Crippen LogP contribution in [0, 0.1) is 0 Å². The van der Waals surface area contributed by atoms with Gasteiger partial charge in [0.25, 0.3) is 0 Å². The van der Waals surface area contributed by atoms with E-state index in [-0.39, 0.29) is 18.1 Å². The Morgan fingerprint density at radius 1 is 1.26 bits per heavy atom. The summed E-state index contributed by atoms with van der Waals surface area (Å²) in [6.45, 7) is 2.32. The van der Waals surface area contributed by atoms with E-state index in [9.17, 15) is 4.79 Å². The van der Waals surface area contributed by atoms with Crippen molar-refractivity contribution in [3.8, 4) is 0 Å². The number of hydrogen-bond donors (Lipinski definition) is 0. The smallest absolute Gasteiger partial charge is 0.227 e. The topological polar surface area (TPSA) is 45.9 Å². The van der Waals surface area contributed by atoms with Crippen LogP contribution in [-0.4, -0.2) is 61.1 Å². The van der Waals surface area contributed by atoms with E-state index in [1.807, 2.05) is 36.2 Å². The van der Waals surface area contributed by atoms with E-state index in [1.54, 1.807) is 13.4 Å². The zero-order valence-electron chi connectivity index (χ0n) is 16.4. The number of amides is 1.